The van der Waals surface area contributed by atoms with Crippen LogP contribution in [0, 0.1) is 11.3 Å². The SMILES string of the molecule is CC(=O)NC(C#N)c1ccc(C(C)(C)C)cc1. The van der Waals surface area contributed by atoms with Crippen LogP contribution in [0.1, 0.15) is 44.9 Å². The number of rotatable bonds is 2. The Hall–Kier alpha value is -1.82. The molecular formula is C14H18N2O. The number of hydrogen-bond acceptors (Lipinski definition) is 2. The first kappa shape index (κ1) is 13.2. The largest absolute Gasteiger partial charge is 0.337 e. The van der Waals surface area contributed by atoms with Crippen molar-refractivity contribution in [1.82, 2.24) is 5.32 Å². The molecule has 0 aliphatic rings. The van der Waals surface area contributed by atoms with Crippen LogP contribution in [-0.2, 0) is 10.2 Å². The maximum atomic E-state index is 11.0. The lowest BCUT2D eigenvalue weighted by atomic mass is 9.86. The highest BCUT2D eigenvalue weighted by Crippen LogP contribution is 2.23. The molecule has 0 saturated heterocycles. The standard InChI is InChI=1S/C14H18N2O/c1-10(17)16-13(9-15)11-5-7-12(8-6-11)14(2,3)4/h5-8,13H,1-4H3,(H,16,17). The number of amides is 1. The van der Waals surface area contributed by atoms with Crippen molar-refractivity contribution in [2.75, 3.05) is 0 Å². The van der Waals surface area contributed by atoms with Crippen LogP contribution in [0.5, 0.6) is 0 Å². The van der Waals surface area contributed by atoms with E-state index in [9.17, 15) is 4.79 Å². The van der Waals surface area contributed by atoms with Gasteiger partial charge in [-0.1, -0.05) is 45.0 Å². The van der Waals surface area contributed by atoms with Gasteiger partial charge < -0.3 is 5.32 Å². The van der Waals surface area contributed by atoms with E-state index in [1.165, 1.54) is 12.5 Å². The molecule has 1 unspecified atom stereocenters. The van der Waals surface area contributed by atoms with Crippen LogP contribution in [0.3, 0.4) is 0 Å². The quantitative estimate of drug-likeness (QED) is 0.849. The Kier molecular flexibility index (Phi) is 3.90. The van der Waals surface area contributed by atoms with Crippen molar-refractivity contribution in [3.63, 3.8) is 0 Å². The maximum absolute atomic E-state index is 11.0. The highest BCUT2D eigenvalue weighted by atomic mass is 16.1. The molecule has 0 aliphatic heterocycles. The summed E-state index contributed by atoms with van der Waals surface area (Å²) in [6.45, 7) is 7.82. The highest BCUT2D eigenvalue weighted by Gasteiger charge is 2.15. The zero-order chi connectivity index (χ0) is 13.1. The lowest BCUT2D eigenvalue weighted by molar-refractivity contribution is -0.119. The van der Waals surface area contributed by atoms with E-state index in [-0.39, 0.29) is 11.3 Å². The van der Waals surface area contributed by atoms with Gasteiger partial charge in [0.1, 0.15) is 6.04 Å². The molecule has 0 aliphatic carbocycles. The van der Waals surface area contributed by atoms with Gasteiger partial charge in [0.25, 0.3) is 0 Å². The first-order valence-corrected chi connectivity index (χ1v) is 5.62. The Labute approximate surface area is 102 Å². The summed E-state index contributed by atoms with van der Waals surface area (Å²) in [6, 6.07) is 9.30. The molecule has 0 spiro atoms. The minimum atomic E-state index is -0.568. The molecule has 1 aromatic rings. The number of carbonyl (C=O) groups is 1. The number of benzene rings is 1. The average molecular weight is 230 g/mol. The zero-order valence-electron chi connectivity index (χ0n) is 10.7. The molecule has 1 N–H and O–H groups in total. The van der Waals surface area contributed by atoms with Crippen molar-refractivity contribution in [2.24, 2.45) is 0 Å². The molecule has 1 rings (SSSR count). The summed E-state index contributed by atoms with van der Waals surface area (Å²) in [4.78, 5) is 11.0. The van der Waals surface area contributed by atoms with Crippen LogP contribution in [0.15, 0.2) is 24.3 Å². The van der Waals surface area contributed by atoms with Gasteiger partial charge in [-0.3, -0.25) is 4.79 Å². The van der Waals surface area contributed by atoms with Crippen LogP contribution in [0.4, 0.5) is 0 Å². The van der Waals surface area contributed by atoms with E-state index in [2.05, 4.69) is 32.2 Å². The fourth-order valence-electron chi connectivity index (χ4n) is 1.57. The van der Waals surface area contributed by atoms with Crippen LogP contribution in [0.2, 0.25) is 0 Å². The van der Waals surface area contributed by atoms with Crippen molar-refractivity contribution in [3.8, 4) is 6.07 Å². The molecule has 17 heavy (non-hydrogen) atoms. The molecule has 1 aromatic carbocycles. The van der Waals surface area contributed by atoms with Gasteiger partial charge in [0.05, 0.1) is 6.07 Å². The van der Waals surface area contributed by atoms with Crippen LogP contribution in [-0.4, -0.2) is 5.91 Å². The minimum Gasteiger partial charge on any atom is -0.337 e. The number of hydrogen-bond donors (Lipinski definition) is 1. The molecule has 0 heterocycles. The van der Waals surface area contributed by atoms with Gasteiger partial charge in [0, 0.05) is 6.92 Å². The van der Waals surface area contributed by atoms with E-state index in [1.54, 1.807) is 0 Å². The average Bonchev–Trinajstić information content (AvgIpc) is 2.24. The molecule has 3 heteroatoms. The molecule has 1 amide bonds. The van der Waals surface area contributed by atoms with E-state index < -0.39 is 6.04 Å². The first-order chi connectivity index (χ1) is 7.84. The second-order valence-electron chi connectivity index (χ2n) is 5.13. The van der Waals surface area contributed by atoms with Crippen LogP contribution in [0.25, 0.3) is 0 Å². The molecule has 90 valence electrons. The van der Waals surface area contributed by atoms with Crippen LogP contribution >= 0.6 is 0 Å². The predicted molar refractivity (Wildman–Crippen MR) is 67.3 cm³/mol. The summed E-state index contributed by atoms with van der Waals surface area (Å²) in [5, 5.41) is 11.6. The Morgan fingerprint density at radius 1 is 1.29 bits per heavy atom. The Bertz CT molecular complexity index is 435. The minimum absolute atomic E-state index is 0.0919. The fourth-order valence-corrected chi connectivity index (χ4v) is 1.57. The molecular weight excluding hydrogens is 212 g/mol. The molecule has 1 atom stereocenters. The van der Waals surface area contributed by atoms with Gasteiger partial charge in [-0.05, 0) is 16.5 Å². The second-order valence-corrected chi connectivity index (χ2v) is 5.13. The number of nitrogens with zero attached hydrogens (tertiary/aromatic N) is 1. The third-order valence-electron chi connectivity index (χ3n) is 2.59. The molecule has 0 bridgehead atoms. The van der Waals surface area contributed by atoms with Crippen molar-refractivity contribution in [3.05, 3.63) is 35.4 Å². The van der Waals surface area contributed by atoms with E-state index in [0.29, 0.717) is 0 Å². The van der Waals surface area contributed by atoms with Gasteiger partial charge >= 0.3 is 0 Å². The summed E-state index contributed by atoms with van der Waals surface area (Å²) in [5.74, 6) is -0.198. The molecule has 0 radical (unpaired) electrons. The Morgan fingerprint density at radius 3 is 2.18 bits per heavy atom. The van der Waals surface area contributed by atoms with Gasteiger partial charge in [-0.25, -0.2) is 0 Å². The van der Waals surface area contributed by atoms with Gasteiger partial charge in [-0.2, -0.15) is 5.26 Å². The summed E-state index contributed by atoms with van der Waals surface area (Å²) < 4.78 is 0. The predicted octanol–water partition coefficient (Wildman–Crippen LogP) is 2.68. The number of nitriles is 1. The van der Waals surface area contributed by atoms with Crippen LogP contribution < -0.4 is 5.32 Å². The van der Waals surface area contributed by atoms with E-state index in [4.69, 9.17) is 5.26 Å². The lowest BCUT2D eigenvalue weighted by Crippen LogP contribution is -2.24. The topological polar surface area (TPSA) is 52.9 Å². The van der Waals surface area contributed by atoms with Crippen molar-refractivity contribution in [2.45, 2.75) is 39.2 Å². The maximum Gasteiger partial charge on any atom is 0.218 e. The lowest BCUT2D eigenvalue weighted by Gasteiger charge is -2.20. The highest BCUT2D eigenvalue weighted by molar-refractivity contribution is 5.73. The zero-order valence-corrected chi connectivity index (χ0v) is 10.7. The van der Waals surface area contributed by atoms with Gasteiger partial charge in [0.2, 0.25) is 5.91 Å². The molecule has 0 aromatic heterocycles. The Balaban J connectivity index is 2.94. The summed E-state index contributed by atoms with van der Waals surface area (Å²) in [5.41, 5.74) is 2.12. The smallest absolute Gasteiger partial charge is 0.218 e. The summed E-state index contributed by atoms with van der Waals surface area (Å²) in [6.07, 6.45) is 0. The summed E-state index contributed by atoms with van der Waals surface area (Å²) >= 11 is 0. The fraction of sp³-hybridized carbons (Fsp3) is 0.429. The van der Waals surface area contributed by atoms with E-state index in [0.717, 1.165) is 5.56 Å². The van der Waals surface area contributed by atoms with Crippen molar-refractivity contribution >= 4 is 5.91 Å². The summed E-state index contributed by atoms with van der Waals surface area (Å²) in [7, 11) is 0. The Morgan fingerprint density at radius 2 is 1.82 bits per heavy atom. The molecule has 0 fully saturated rings. The van der Waals surface area contributed by atoms with Crippen molar-refractivity contribution in [1.29, 1.82) is 5.26 Å². The molecule has 0 saturated carbocycles. The normalized spacial score (nSPS) is 12.6. The monoisotopic (exact) mass is 230 g/mol. The van der Waals surface area contributed by atoms with Gasteiger partial charge in [0.15, 0.2) is 0 Å². The van der Waals surface area contributed by atoms with Crippen molar-refractivity contribution < 1.29 is 4.79 Å². The van der Waals surface area contributed by atoms with Gasteiger partial charge in [-0.15, -0.1) is 0 Å². The third kappa shape index (κ3) is 3.60. The molecule has 3 nitrogen and oxygen atoms in total. The first-order valence-electron chi connectivity index (χ1n) is 5.62. The number of nitrogens with one attached hydrogen (secondary N) is 1. The van der Waals surface area contributed by atoms with E-state index >= 15 is 0 Å². The number of carbonyl (C=O) groups excluding carboxylic acids is 1. The second kappa shape index (κ2) is 5.01. The third-order valence-corrected chi connectivity index (χ3v) is 2.59. The van der Waals surface area contributed by atoms with E-state index in [1.807, 2.05) is 24.3 Å².